The zero-order valence-electron chi connectivity index (χ0n) is 9.78. The van der Waals surface area contributed by atoms with Crippen molar-refractivity contribution in [1.82, 2.24) is 0 Å². The van der Waals surface area contributed by atoms with E-state index in [1.54, 1.807) is 19.1 Å². The number of phenolic OH excluding ortho intramolecular Hbond substituents is 1. The first kappa shape index (κ1) is 12.4. The Morgan fingerprint density at radius 3 is 2.44 bits per heavy atom. The van der Waals surface area contributed by atoms with Crippen LogP contribution in [0.2, 0.25) is 0 Å². The smallest absolute Gasteiger partial charge is 0.163 e. The lowest BCUT2D eigenvalue weighted by atomic mass is 9.96. The first-order valence-electron chi connectivity index (χ1n) is 5.25. The van der Waals surface area contributed by atoms with Crippen molar-refractivity contribution in [2.45, 2.75) is 27.2 Å². The number of phenols is 1. The number of carbonyl (C=O) groups excluding carboxylic acids is 2. The molecule has 1 rings (SSSR count). The van der Waals surface area contributed by atoms with E-state index in [4.69, 9.17) is 0 Å². The van der Waals surface area contributed by atoms with Crippen molar-refractivity contribution in [2.24, 2.45) is 5.92 Å². The van der Waals surface area contributed by atoms with Gasteiger partial charge in [-0.1, -0.05) is 13.0 Å². The maximum Gasteiger partial charge on any atom is 0.163 e. The van der Waals surface area contributed by atoms with Gasteiger partial charge in [0, 0.05) is 5.92 Å². The Labute approximate surface area is 95.1 Å². The van der Waals surface area contributed by atoms with E-state index in [9.17, 15) is 14.7 Å². The Kier molecular flexibility index (Phi) is 3.82. The maximum atomic E-state index is 11.2. The van der Waals surface area contributed by atoms with Crippen molar-refractivity contribution in [1.29, 1.82) is 0 Å². The molecule has 1 atom stereocenters. The van der Waals surface area contributed by atoms with Gasteiger partial charge in [0.25, 0.3) is 0 Å². The van der Waals surface area contributed by atoms with Crippen LogP contribution in [0.5, 0.6) is 5.75 Å². The van der Waals surface area contributed by atoms with Crippen LogP contribution in [0.4, 0.5) is 0 Å². The summed E-state index contributed by atoms with van der Waals surface area (Å²) in [5, 5.41) is 9.46. The lowest BCUT2D eigenvalue weighted by Gasteiger charge is -2.09. The second-order valence-electron chi connectivity index (χ2n) is 4.12. The number of Topliss-reactive ketones (excluding diaryl/α,β-unsaturated/α-hetero) is 2. The molecule has 0 saturated carbocycles. The van der Waals surface area contributed by atoms with E-state index < -0.39 is 0 Å². The molecular weight excluding hydrogens is 204 g/mol. The van der Waals surface area contributed by atoms with Gasteiger partial charge in [-0.05, 0) is 38.0 Å². The zero-order chi connectivity index (χ0) is 12.3. The van der Waals surface area contributed by atoms with Gasteiger partial charge >= 0.3 is 0 Å². The molecule has 0 aliphatic heterocycles. The van der Waals surface area contributed by atoms with Crippen molar-refractivity contribution in [3.05, 3.63) is 29.3 Å². The summed E-state index contributed by atoms with van der Waals surface area (Å²) in [4.78, 5) is 22.3. The summed E-state index contributed by atoms with van der Waals surface area (Å²) in [6, 6.07) is 4.89. The summed E-state index contributed by atoms with van der Waals surface area (Å²) < 4.78 is 0. The second kappa shape index (κ2) is 4.92. The van der Waals surface area contributed by atoms with Crippen LogP contribution in [0.1, 0.15) is 36.7 Å². The molecule has 3 heteroatoms. The van der Waals surface area contributed by atoms with Gasteiger partial charge < -0.3 is 5.11 Å². The number of rotatable bonds is 4. The second-order valence-corrected chi connectivity index (χ2v) is 4.12. The minimum Gasteiger partial charge on any atom is -0.507 e. The zero-order valence-corrected chi connectivity index (χ0v) is 9.78. The molecule has 0 saturated heterocycles. The van der Waals surface area contributed by atoms with Crippen LogP contribution < -0.4 is 0 Å². The Hall–Kier alpha value is -1.64. The molecule has 16 heavy (non-hydrogen) atoms. The van der Waals surface area contributed by atoms with Crippen molar-refractivity contribution in [3.8, 4) is 5.75 Å². The third kappa shape index (κ3) is 2.92. The quantitative estimate of drug-likeness (QED) is 0.792. The van der Waals surface area contributed by atoms with Crippen LogP contribution in [0.3, 0.4) is 0 Å². The van der Waals surface area contributed by atoms with E-state index in [-0.39, 0.29) is 23.2 Å². The lowest BCUT2D eigenvalue weighted by Crippen LogP contribution is -2.09. The lowest BCUT2D eigenvalue weighted by molar-refractivity contribution is -0.120. The summed E-state index contributed by atoms with van der Waals surface area (Å²) in [5.41, 5.74) is 1.21. The number of carbonyl (C=O) groups is 2. The van der Waals surface area contributed by atoms with E-state index in [1.165, 1.54) is 13.0 Å². The molecule has 0 aliphatic carbocycles. The molecule has 1 aromatic rings. The number of ketones is 2. The van der Waals surface area contributed by atoms with Gasteiger partial charge in [-0.3, -0.25) is 9.59 Å². The third-order valence-electron chi connectivity index (χ3n) is 2.68. The van der Waals surface area contributed by atoms with Crippen molar-refractivity contribution >= 4 is 11.6 Å². The molecule has 3 nitrogen and oxygen atoms in total. The highest BCUT2D eigenvalue weighted by Crippen LogP contribution is 2.20. The Bertz CT molecular complexity index is 421. The summed E-state index contributed by atoms with van der Waals surface area (Å²) >= 11 is 0. The van der Waals surface area contributed by atoms with Crippen LogP contribution >= 0.6 is 0 Å². The van der Waals surface area contributed by atoms with Crippen molar-refractivity contribution in [2.75, 3.05) is 0 Å². The van der Waals surface area contributed by atoms with Crippen molar-refractivity contribution in [3.63, 3.8) is 0 Å². The standard InChI is InChI=1S/C13H16O3/c1-8(9(2)14)6-11-4-5-13(16)12(7-11)10(3)15/h4-5,7-8,16H,6H2,1-3H3/t8-/m0/s1. The molecule has 0 bridgehead atoms. The predicted molar refractivity (Wildman–Crippen MR) is 61.7 cm³/mol. The molecule has 0 spiro atoms. The monoisotopic (exact) mass is 220 g/mol. The highest BCUT2D eigenvalue weighted by molar-refractivity contribution is 5.96. The minimum absolute atomic E-state index is 0.00766. The molecule has 0 amide bonds. The fourth-order valence-electron chi connectivity index (χ4n) is 1.49. The van der Waals surface area contributed by atoms with Crippen LogP contribution in [-0.2, 0) is 11.2 Å². The Morgan fingerprint density at radius 2 is 1.94 bits per heavy atom. The molecule has 86 valence electrons. The summed E-state index contributed by atoms with van der Waals surface area (Å²) in [7, 11) is 0. The van der Waals surface area contributed by atoms with Gasteiger partial charge in [0.1, 0.15) is 11.5 Å². The number of aromatic hydroxyl groups is 1. The molecule has 0 aromatic heterocycles. The largest absolute Gasteiger partial charge is 0.507 e. The van der Waals surface area contributed by atoms with Crippen LogP contribution in [0, 0.1) is 5.92 Å². The summed E-state index contributed by atoms with van der Waals surface area (Å²) in [6.07, 6.45) is 0.593. The van der Waals surface area contributed by atoms with Gasteiger partial charge in [0.05, 0.1) is 5.56 Å². The average molecular weight is 220 g/mol. The first-order chi connectivity index (χ1) is 7.41. The molecule has 0 unspecified atom stereocenters. The van der Waals surface area contributed by atoms with Crippen LogP contribution in [0.25, 0.3) is 0 Å². The molecule has 1 aromatic carbocycles. The fraction of sp³-hybridized carbons (Fsp3) is 0.385. The first-order valence-corrected chi connectivity index (χ1v) is 5.25. The molecule has 0 fully saturated rings. The average Bonchev–Trinajstić information content (AvgIpc) is 2.20. The van der Waals surface area contributed by atoms with Crippen LogP contribution in [-0.4, -0.2) is 16.7 Å². The predicted octanol–water partition coefficient (Wildman–Crippen LogP) is 2.36. The molecular formula is C13H16O3. The number of hydrogen-bond acceptors (Lipinski definition) is 3. The van der Waals surface area contributed by atoms with Gasteiger partial charge in [-0.15, -0.1) is 0 Å². The van der Waals surface area contributed by atoms with E-state index >= 15 is 0 Å². The highest BCUT2D eigenvalue weighted by atomic mass is 16.3. The number of hydrogen-bond donors (Lipinski definition) is 1. The number of benzene rings is 1. The normalized spacial score (nSPS) is 12.2. The molecule has 1 N–H and O–H groups in total. The molecule has 0 aliphatic rings. The van der Waals surface area contributed by atoms with Gasteiger partial charge in [-0.2, -0.15) is 0 Å². The third-order valence-corrected chi connectivity index (χ3v) is 2.68. The Balaban J connectivity index is 2.95. The molecule has 0 heterocycles. The minimum atomic E-state index is -0.171. The van der Waals surface area contributed by atoms with E-state index in [1.807, 2.05) is 6.92 Å². The van der Waals surface area contributed by atoms with E-state index in [0.29, 0.717) is 12.0 Å². The fourth-order valence-corrected chi connectivity index (χ4v) is 1.49. The van der Waals surface area contributed by atoms with Gasteiger partial charge in [0.15, 0.2) is 5.78 Å². The van der Waals surface area contributed by atoms with Crippen LogP contribution in [0.15, 0.2) is 18.2 Å². The summed E-state index contributed by atoms with van der Waals surface area (Å²) in [6.45, 7) is 4.81. The van der Waals surface area contributed by atoms with E-state index in [0.717, 1.165) is 5.56 Å². The van der Waals surface area contributed by atoms with E-state index in [2.05, 4.69) is 0 Å². The summed E-state index contributed by atoms with van der Waals surface area (Å²) in [5.74, 6) is -0.122. The molecule has 0 radical (unpaired) electrons. The van der Waals surface area contributed by atoms with Gasteiger partial charge in [-0.25, -0.2) is 0 Å². The topological polar surface area (TPSA) is 54.4 Å². The maximum absolute atomic E-state index is 11.2. The van der Waals surface area contributed by atoms with Gasteiger partial charge in [0.2, 0.25) is 0 Å². The Morgan fingerprint density at radius 1 is 1.31 bits per heavy atom. The highest BCUT2D eigenvalue weighted by Gasteiger charge is 2.12. The van der Waals surface area contributed by atoms with Crippen molar-refractivity contribution < 1.29 is 14.7 Å². The SMILES string of the molecule is CC(=O)c1cc(C[C@H](C)C(C)=O)ccc1O.